The smallest absolute Gasteiger partial charge is 0.0976 e. The van der Waals surface area contributed by atoms with Gasteiger partial charge in [0.05, 0.1) is 27.6 Å². The summed E-state index contributed by atoms with van der Waals surface area (Å²) >= 11 is 0. The quantitative estimate of drug-likeness (QED) is 0.629. The molecule has 0 aromatic carbocycles. The van der Waals surface area contributed by atoms with E-state index >= 15 is 0 Å². The molecule has 2 fully saturated rings. The lowest BCUT2D eigenvalue weighted by atomic mass is 9.68. The lowest BCUT2D eigenvalue weighted by Crippen LogP contribution is -2.45. The van der Waals surface area contributed by atoms with Gasteiger partial charge in [-0.25, -0.2) is 8.42 Å². The first kappa shape index (κ1) is 12.3. The van der Waals surface area contributed by atoms with Gasteiger partial charge in [-0.15, -0.1) is 0 Å². The van der Waals surface area contributed by atoms with Gasteiger partial charge in [-0.05, 0) is 43.9 Å². The fourth-order valence-electron chi connectivity index (χ4n) is 3.12. The predicted octanol–water partition coefficient (Wildman–Crippen LogP) is -0.168. The van der Waals surface area contributed by atoms with Crippen molar-refractivity contribution < 1.29 is 23.2 Å². The molecule has 2 rings (SSSR count). The van der Waals surface area contributed by atoms with Crippen molar-refractivity contribution in [3.63, 3.8) is 0 Å². The van der Waals surface area contributed by atoms with Crippen molar-refractivity contribution >= 4 is 10.1 Å². The van der Waals surface area contributed by atoms with Crippen molar-refractivity contribution in [3.8, 4) is 0 Å². The summed E-state index contributed by atoms with van der Waals surface area (Å²) in [5.74, 6) is 0.0302. The number of fused-ring (bicyclic) bond motifs is 1. The van der Waals surface area contributed by atoms with Crippen molar-refractivity contribution in [2.75, 3.05) is 0 Å². The Morgan fingerprint density at radius 3 is 2.38 bits per heavy atom. The molecule has 0 heterocycles. The molecule has 0 radical (unpaired) electrons. The molecule has 5 unspecified atom stereocenters. The molecule has 0 bridgehead atoms. The number of aliphatic hydroxyl groups is 2. The summed E-state index contributed by atoms with van der Waals surface area (Å²) in [6, 6.07) is 0. The second kappa shape index (κ2) is 4.25. The standard InChI is InChI=1S/C10H18O5S/c11-7-2-1-6-3-8(16(13,14)15)5-10(12)9(6)4-7/h6-12H,1-5H2,(H,13,14,15)/p-1. The SMILES string of the molecule is O=S(=O)([O-])C1CC(O)C2CC(O)CCC2C1. The minimum atomic E-state index is -4.30. The van der Waals surface area contributed by atoms with Crippen LogP contribution in [0.2, 0.25) is 0 Å². The third kappa shape index (κ3) is 2.40. The summed E-state index contributed by atoms with van der Waals surface area (Å²) in [4.78, 5) is 0. The molecular formula is C10H17O5S-. The first-order valence-corrected chi connectivity index (χ1v) is 7.16. The first-order valence-electron chi connectivity index (χ1n) is 5.68. The molecule has 0 saturated heterocycles. The topological polar surface area (TPSA) is 97.7 Å². The zero-order valence-corrected chi connectivity index (χ0v) is 9.77. The minimum Gasteiger partial charge on any atom is -0.748 e. The van der Waals surface area contributed by atoms with Crippen LogP contribution in [0.15, 0.2) is 0 Å². The van der Waals surface area contributed by atoms with E-state index in [1.807, 2.05) is 0 Å². The molecule has 16 heavy (non-hydrogen) atoms. The van der Waals surface area contributed by atoms with Crippen molar-refractivity contribution in [1.29, 1.82) is 0 Å². The average Bonchev–Trinajstić information content (AvgIpc) is 2.17. The second-order valence-electron chi connectivity index (χ2n) is 5.04. The Morgan fingerprint density at radius 1 is 1.06 bits per heavy atom. The molecule has 0 aromatic heterocycles. The van der Waals surface area contributed by atoms with Crippen LogP contribution in [0.25, 0.3) is 0 Å². The first-order chi connectivity index (χ1) is 7.38. The molecule has 5 atom stereocenters. The molecule has 94 valence electrons. The average molecular weight is 249 g/mol. The van der Waals surface area contributed by atoms with E-state index in [0.717, 1.165) is 0 Å². The molecule has 0 aliphatic heterocycles. The van der Waals surface area contributed by atoms with E-state index in [2.05, 4.69) is 0 Å². The Kier molecular flexibility index (Phi) is 3.27. The molecule has 5 nitrogen and oxygen atoms in total. The van der Waals surface area contributed by atoms with Gasteiger partial charge in [-0.2, -0.15) is 0 Å². The monoisotopic (exact) mass is 249 g/mol. The van der Waals surface area contributed by atoms with Crippen LogP contribution in [0.4, 0.5) is 0 Å². The second-order valence-corrected chi connectivity index (χ2v) is 6.70. The molecular weight excluding hydrogens is 232 g/mol. The van der Waals surface area contributed by atoms with Crippen molar-refractivity contribution in [2.45, 2.75) is 49.6 Å². The lowest BCUT2D eigenvalue weighted by Gasteiger charge is -2.44. The van der Waals surface area contributed by atoms with Gasteiger partial charge >= 0.3 is 0 Å². The summed E-state index contributed by atoms with van der Waals surface area (Å²) in [5.41, 5.74) is 0. The number of hydrogen-bond acceptors (Lipinski definition) is 5. The van der Waals surface area contributed by atoms with Crippen LogP contribution in [0.3, 0.4) is 0 Å². The van der Waals surface area contributed by atoms with Crippen molar-refractivity contribution in [2.24, 2.45) is 11.8 Å². The van der Waals surface area contributed by atoms with Crippen LogP contribution in [-0.2, 0) is 10.1 Å². The molecule has 2 saturated carbocycles. The van der Waals surface area contributed by atoms with E-state index < -0.39 is 27.6 Å². The number of hydrogen-bond donors (Lipinski definition) is 2. The third-order valence-corrected chi connectivity index (χ3v) is 5.19. The summed E-state index contributed by atoms with van der Waals surface area (Å²) in [5, 5.41) is 18.4. The fourth-order valence-corrected chi connectivity index (χ4v) is 4.04. The Bertz CT molecular complexity index is 352. The minimum absolute atomic E-state index is 0.0275. The summed E-state index contributed by atoms with van der Waals surface area (Å²) < 4.78 is 32.9. The van der Waals surface area contributed by atoms with E-state index in [4.69, 9.17) is 0 Å². The Hall–Kier alpha value is -0.170. The van der Waals surface area contributed by atoms with Crippen LogP contribution >= 0.6 is 0 Å². The maximum absolute atomic E-state index is 11.0. The lowest BCUT2D eigenvalue weighted by molar-refractivity contribution is -0.0295. The van der Waals surface area contributed by atoms with Gasteiger partial charge in [0, 0.05) is 0 Å². The highest BCUT2D eigenvalue weighted by Crippen LogP contribution is 2.42. The third-order valence-electron chi connectivity index (χ3n) is 3.99. The van der Waals surface area contributed by atoms with E-state index in [1.165, 1.54) is 0 Å². The highest BCUT2D eigenvalue weighted by atomic mass is 32.2. The molecule has 2 aliphatic carbocycles. The summed E-state index contributed by atoms with van der Waals surface area (Å²) in [7, 11) is -4.30. The molecule has 2 N–H and O–H groups in total. The van der Waals surface area contributed by atoms with Gasteiger partial charge in [0.25, 0.3) is 0 Å². The molecule has 2 aliphatic rings. The summed E-state index contributed by atoms with van der Waals surface area (Å²) in [6.45, 7) is 0. The Labute approximate surface area is 95.2 Å². The van der Waals surface area contributed by atoms with E-state index in [1.54, 1.807) is 0 Å². The largest absolute Gasteiger partial charge is 0.748 e. The van der Waals surface area contributed by atoms with Gasteiger partial charge in [0.1, 0.15) is 0 Å². The van der Waals surface area contributed by atoms with Gasteiger partial charge in [-0.3, -0.25) is 0 Å². The normalized spacial score (nSPS) is 45.1. The Balaban J connectivity index is 2.11. The van der Waals surface area contributed by atoms with E-state index in [-0.39, 0.29) is 18.3 Å². The highest BCUT2D eigenvalue weighted by Gasteiger charge is 2.42. The zero-order chi connectivity index (χ0) is 11.9. The molecule has 0 spiro atoms. The van der Waals surface area contributed by atoms with E-state index in [0.29, 0.717) is 25.7 Å². The van der Waals surface area contributed by atoms with Crippen LogP contribution in [-0.4, -0.2) is 40.6 Å². The Morgan fingerprint density at radius 2 is 1.75 bits per heavy atom. The van der Waals surface area contributed by atoms with Crippen LogP contribution in [0.5, 0.6) is 0 Å². The van der Waals surface area contributed by atoms with Gasteiger partial charge in [0.15, 0.2) is 0 Å². The van der Waals surface area contributed by atoms with Crippen LogP contribution < -0.4 is 0 Å². The van der Waals surface area contributed by atoms with Gasteiger partial charge in [-0.1, -0.05) is 0 Å². The number of rotatable bonds is 1. The zero-order valence-electron chi connectivity index (χ0n) is 8.95. The summed E-state index contributed by atoms with van der Waals surface area (Å²) in [6.07, 6.45) is 1.09. The fraction of sp³-hybridized carbons (Fsp3) is 1.00. The van der Waals surface area contributed by atoms with Crippen molar-refractivity contribution in [1.82, 2.24) is 0 Å². The van der Waals surface area contributed by atoms with Gasteiger partial charge < -0.3 is 14.8 Å². The molecule has 6 heteroatoms. The maximum atomic E-state index is 11.0. The van der Waals surface area contributed by atoms with E-state index in [9.17, 15) is 23.2 Å². The predicted molar refractivity (Wildman–Crippen MR) is 55.6 cm³/mol. The highest BCUT2D eigenvalue weighted by molar-refractivity contribution is 7.86. The number of aliphatic hydroxyl groups excluding tert-OH is 2. The maximum Gasteiger partial charge on any atom is 0.0976 e. The van der Waals surface area contributed by atoms with Gasteiger partial charge in [0.2, 0.25) is 0 Å². The molecule has 0 aromatic rings. The van der Waals surface area contributed by atoms with Crippen LogP contribution in [0, 0.1) is 11.8 Å². The van der Waals surface area contributed by atoms with Crippen LogP contribution in [0.1, 0.15) is 32.1 Å². The molecule has 0 amide bonds. The van der Waals surface area contributed by atoms with Crippen molar-refractivity contribution in [3.05, 3.63) is 0 Å².